The quantitative estimate of drug-likeness (QED) is 0.176. The van der Waals surface area contributed by atoms with Gasteiger partial charge in [0.15, 0.2) is 0 Å². The van der Waals surface area contributed by atoms with Gasteiger partial charge < -0.3 is 4.90 Å². The van der Waals surface area contributed by atoms with Gasteiger partial charge in [-0.25, -0.2) is 0 Å². The molecule has 0 fully saturated rings. The van der Waals surface area contributed by atoms with Gasteiger partial charge in [0.25, 0.3) is 0 Å². The van der Waals surface area contributed by atoms with Crippen molar-refractivity contribution in [2.45, 2.75) is 33.1 Å². The number of hydrogen-bond donors (Lipinski definition) is 0. The number of rotatable bonds is 7. The maximum Gasteiger partial charge on any atom is 0.0539 e. The van der Waals surface area contributed by atoms with E-state index in [0.717, 1.165) is 17.1 Å². The highest BCUT2D eigenvalue weighted by Crippen LogP contribution is 2.51. The van der Waals surface area contributed by atoms with Gasteiger partial charge in [-0.15, -0.1) is 0 Å². The molecule has 0 spiro atoms. The molecule has 0 bridgehead atoms. The van der Waals surface area contributed by atoms with Crippen LogP contribution in [0.2, 0.25) is 0 Å². The van der Waals surface area contributed by atoms with Crippen LogP contribution in [0, 0.1) is 0 Å². The lowest BCUT2D eigenvalue weighted by atomic mass is 9.81. The topological polar surface area (TPSA) is 3.24 Å². The van der Waals surface area contributed by atoms with Crippen molar-refractivity contribution in [3.8, 4) is 33.4 Å². The Bertz CT molecular complexity index is 1820. The predicted molar refractivity (Wildman–Crippen MR) is 192 cm³/mol. The zero-order chi connectivity index (χ0) is 31.1. The highest BCUT2D eigenvalue weighted by Gasteiger charge is 2.36. The summed E-state index contributed by atoms with van der Waals surface area (Å²) in [5, 5.41) is 0. The number of benzene rings is 5. The molecule has 0 saturated heterocycles. The van der Waals surface area contributed by atoms with E-state index in [-0.39, 0.29) is 5.41 Å². The molecular formula is C43H41N. The fraction of sp³-hybridized carbons (Fsp3) is 0.116. The number of nitrogens with zero attached hydrogens (tertiary/aromatic N) is 1. The van der Waals surface area contributed by atoms with Gasteiger partial charge in [-0.2, -0.15) is 0 Å². The average Bonchev–Trinajstić information content (AvgIpc) is 3.30. The molecule has 1 nitrogen and oxygen atoms in total. The molecule has 0 aromatic heterocycles. The van der Waals surface area contributed by atoms with Crippen molar-refractivity contribution in [3.63, 3.8) is 0 Å². The van der Waals surface area contributed by atoms with Crippen LogP contribution in [0.4, 0.5) is 11.4 Å². The summed E-state index contributed by atoms with van der Waals surface area (Å²) in [4.78, 5) is 2.34. The van der Waals surface area contributed by atoms with Gasteiger partial charge in [0.2, 0.25) is 0 Å². The number of fused-ring (bicyclic) bond motifs is 3. The van der Waals surface area contributed by atoms with E-state index in [1.807, 2.05) is 25.2 Å². The lowest BCUT2D eigenvalue weighted by molar-refractivity contribution is 0.660. The van der Waals surface area contributed by atoms with Gasteiger partial charge in [0.1, 0.15) is 0 Å². The minimum atomic E-state index is -0.125. The van der Waals surface area contributed by atoms with Gasteiger partial charge in [-0.3, -0.25) is 0 Å². The zero-order valence-corrected chi connectivity index (χ0v) is 26.3. The van der Waals surface area contributed by atoms with Crippen molar-refractivity contribution in [1.29, 1.82) is 0 Å². The van der Waals surface area contributed by atoms with E-state index in [4.69, 9.17) is 0 Å². The molecule has 0 radical (unpaired) electrons. The Balaban J connectivity index is 0.000000712. The van der Waals surface area contributed by atoms with Crippen molar-refractivity contribution in [2.75, 3.05) is 4.90 Å². The highest BCUT2D eigenvalue weighted by atomic mass is 15.1. The maximum absolute atomic E-state index is 4.17. The Hall–Kier alpha value is -5.14. The molecular weight excluding hydrogens is 530 g/mol. The van der Waals surface area contributed by atoms with Crippen LogP contribution in [-0.2, 0) is 5.41 Å². The largest absolute Gasteiger partial charge is 0.310 e. The van der Waals surface area contributed by atoms with E-state index in [0.29, 0.717) is 0 Å². The molecule has 0 aliphatic heterocycles. The zero-order valence-electron chi connectivity index (χ0n) is 26.3. The van der Waals surface area contributed by atoms with Crippen molar-refractivity contribution >= 4 is 11.4 Å². The SMILES string of the molecule is C=C/C(=C\C)N(c1ccc2c(c1)C(C)(C)c1cc(-c3ccccc3)ccc1-2)c1ccccc1-c1ccccc1.C=C/C=C\C. The summed E-state index contributed by atoms with van der Waals surface area (Å²) in [6.07, 6.45) is 9.65. The Labute approximate surface area is 263 Å². The summed E-state index contributed by atoms with van der Waals surface area (Å²) in [7, 11) is 0. The fourth-order valence-electron chi connectivity index (χ4n) is 6.11. The van der Waals surface area contributed by atoms with Crippen LogP contribution in [0.15, 0.2) is 171 Å². The first kappa shape index (κ1) is 30.3. The van der Waals surface area contributed by atoms with Gasteiger partial charge >= 0.3 is 0 Å². The molecule has 0 saturated carbocycles. The third-order valence-electron chi connectivity index (χ3n) is 8.35. The summed E-state index contributed by atoms with van der Waals surface area (Å²) in [6, 6.07) is 43.8. The second-order valence-corrected chi connectivity index (χ2v) is 11.4. The molecule has 0 atom stereocenters. The summed E-state index contributed by atoms with van der Waals surface area (Å²) in [6.45, 7) is 16.4. The first-order valence-electron chi connectivity index (χ1n) is 15.3. The molecule has 0 heterocycles. The Morgan fingerprint density at radius 2 is 1.20 bits per heavy atom. The van der Waals surface area contributed by atoms with Crippen LogP contribution < -0.4 is 4.90 Å². The minimum absolute atomic E-state index is 0.125. The van der Waals surface area contributed by atoms with E-state index in [1.54, 1.807) is 6.08 Å². The number of para-hydroxylation sites is 1. The smallest absolute Gasteiger partial charge is 0.0539 e. The van der Waals surface area contributed by atoms with Crippen LogP contribution >= 0.6 is 0 Å². The van der Waals surface area contributed by atoms with E-state index in [1.165, 1.54) is 44.5 Å². The van der Waals surface area contributed by atoms with Gasteiger partial charge in [0.05, 0.1) is 5.69 Å². The van der Waals surface area contributed by atoms with Gasteiger partial charge in [0, 0.05) is 22.4 Å². The van der Waals surface area contributed by atoms with E-state index < -0.39 is 0 Å². The van der Waals surface area contributed by atoms with Crippen LogP contribution in [0.3, 0.4) is 0 Å². The Kier molecular flexibility index (Phi) is 9.26. The third kappa shape index (κ3) is 5.87. The van der Waals surface area contributed by atoms with E-state index in [9.17, 15) is 0 Å². The molecule has 5 aromatic carbocycles. The lowest BCUT2D eigenvalue weighted by Gasteiger charge is -2.30. The summed E-state index contributed by atoms with van der Waals surface area (Å²) >= 11 is 0. The predicted octanol–water partition coefficient (Wildman–Crippen LogP) is 12.3. The van der Waals surface area contributed by atoms with Gasteiger partial charge in [-0.1, -0.05) is 148 Å². The monoisotopic (exact) mass is 571 g/mol. The average molecular weight is 572 g/mol. The Morgan fingerprint density at radius 3 is 1.80 bits per heavy atom. The first-order valence-corrected chi connectivity index (χ1v) is 15.3. The molecule has 1 aliphatic carbocycles. The molecule has 0 unspecified atom stereocenters. The van der Waals surface area contributed by atoms with Crippen LogP contribution in [0.1, 0.15) is 38.8 Å². The van der Waals surface area contributed by atoms with Crippen molar-refractivity contribution < 1.29 is 0 Å². The number of hydrogen-bond acceptors (Lipinski definition) is 1. The molecule has 0 N–H and O–H groups in total. The molecule has 6 rings (SSSR count). The molecule has 44 heavy (non-hydrogen) atoms. The molecule has 5 aromatic rings. The molecule has 1 aliphatic rings. The number of allylic oxidation sites excluding steroid dienone is 5. The standard InChI is InChI=1S/C38H33N.C5H8/c1-5-30(6-2)39(37-20-14-13-19-32(37)28-17-11-8-12-18-28)31-22-24-34-33-23-21-29(27-15-9-7-10-16-27)25-35(33)38(3,4)36(34)26-31;1-3-5-4-2/h5-26H,1H2,2-4H3;3-5H,1H2,2H3/b30-6+;5-4-. The van der Waals surface area contributed by atoms with Crippen LogP contribution in [-0.4, -0.2) is 0 Å². The second-order valence-electron chi connectivity index (χ2n) is 11.4. The summed E-state index contributed by atoms with van der Waals surface area (Å²) in [5.74, 6) is 0. The first-order chi connectivity index (χ1) is 21.4. The minimum Gasteiger partial charge on any atom is -0.310 e. The van der Waals surface area contributed by atoms with Crippen molar-refractivity contribution in [1.82, 2.24) is 0 Å². The normalized spacial score (nSPS) is 13.0. The fourth-order valence-corrected chi connectivity index (χ4v) is 6.11. The molecule has 218 valence electrons. The van der Waals surface area contributed by atoms with Crippen molar-refractivity contribution in [2.24, 2.45) is 0 Å². The van der Waals surface area contributed by atoms with E-state index in [2.05, 4.69) is 166 Å². The lowest BCUT2D eigenvalue weighted by Crippen LogP contribution is -2.19. The third-order valence-corrected chi connectivity index (χ3v) is 8.35. The van der Waals surface area contributed by atoms with Crippen LogP contribution in [0.5, 0.6) is 0 Å². The van der Waals surface area contributed by atoms with Crippen LogP contribution in [0.25, 0.3) is 33.4 Å². The Morgan fingerprint density at radius 1 is 0.614 bits per heavy atom. The maximum atomic E-state index is 4.17. The molecule has 0 amide bonds. The highest BCUT2D eigenvalue weighted by molar-refractivity contribution is 5.89. The summed E-state index contributed by atoms with van der Waals surface area (Å²) < 4.78 is 0. The van der Waals surface area contributed by atoms with Gasteiger partial charge in [-0.05, 0) is 83.1 Å². The molecule has 1 heteroatoms. The summed E-state index contributed by atoms with van der Waals surface area (Å²) in [5.41, 5.74) is 13.5. The van der Waals surface area contributed by atoms with Crippen molar-refractivity contribution in [3.05, 3.63) is 182 Å². The number of anilines is 2. The van der Waals surface area contributed by atoms with E-state index >= 15 is 0 Å². The second kappa shape index (κ2) is 13.4.